The van der Waals surface area contributed by atoms with Crippen molar-refractivity contribution in [3.8, 4) is 0 Å². The minimum Gasteiger partial charge on any atom is -0.348 e. The topological polar surface area (TPSA) is 60.9 Å². The van der Waals surface area contributed by atoms with Gasteiger partial charge in [0.05, 0.1) is 11.5 Å². The first-order valence-corrected chi connectivity index (χ1v) is 11.7. The lowest BCUT2D eigenvalue weighted by atomic mass is 9.66. The smallest absolute Gasteiger partial charge is 0.254 e. The molecule has 2 aliphatic rings. The summed E-state index contributed by atoms with van der Waals surface area (Å²) in [5.41, 5.74) is 1.24. The molecule has 1 unspecified atom stereocenters. The van der Waals surface area contributed by atoms with Gasteiger partial charge in [0.15, 0.2) is 0 Å². The van der Waals surface area contributed by atoms with Gasteiger partial charge < -0.3 is 14.7 Å². The van der Waals surface area contributed by atoms with Crippen LogP contribution in [0.15, 0.2) is 48.5 Å². The van der Waals surface area contributed by atoms with E-state index in [0.29, 0.717) is 42.1 Å². The van der Waals surface area contributed by atoms with Crippen molar-refractivity contribution in [1.29, 1.82) is 0 Å². The SMILES string of the molecule is CC(C)N1C(=O)c2ccccc2C(C(=O)N(C)C)C12CCN(C(=O)c1cccc(Cl)c1)CC2. The van der Waals surface area contributed by atoms with Crippen molar-refractivity contribution in [2.45, 2.75) is 44.2 Å². The number of likely N-dealkylation sites (tertiary alicyclic amines) is 1. The highest BCUT2D eigenvalue weighted by molar-refractivity contribution is 6.31. The van der Waals surface area contributed by atoms with Gasteiger partial charge in [-0.05, 0) is 56.5 Å². The molecule has 0 radical (unpaired) electrons. The predicted octanol–water partition coefficient (Wildman–Crippen LogP) is 4.05. The van der Waals surface area contributed by atoms with E-state index in [0.717, 1.165) is 5.56 Å². The minimum absolute atomic E-state index is 0.0183. The Morgan fingerprint density at radius 1 is 1.06 bits per heavy atom. The van der Waals surface area contributed by atoms with Gasteiger partial charge in [-0.15, -0.1) is 0 Å². The summed E-state index contributed by atoms with van der Waals surface area (Å²) in [7, 11) is 3.51. The molecule has 2 aromatic rings. The summed E-state index contributed by atoms with van der Waals surface area (Å²) < 4.78 is 0. The third-order valence-corrected chi connectivity index (χ3v) is 7.17. The molecule has 0 saturated carbocycles. The zero-order valence-electron chi connectivity index (χ0n) is 19.5. The van der Waals surface area contributed by atoms with Gasteiger partial charge in [-0.1, -0.05) is 35.9 Å². The first-order valence-electron chi connectivity index (χ1n) is 11.4. The molecule has 1 fully saturated rings. The number of carbonyl (C=O) groups is 3. The van der Waals surface area contributed by atoms with Crippen LogP contribution in [0.1, 0.15) is 58.9 Å². The summed E-state index contributed by atoms with van der Waals surface area (Å²) >= 11 is 6.09. The van der Waals surface area contributed by atoms with Crippen molar-refractivity contribution in [1.82, 2.24) is 14.7 Å². The zero-order valence-corrected chi connectivity index (χ0v) is 20.3. The molecule has 2 aromatic carbocycles. The Balaban J connectivity index is 1.74. The second-order valence-corrected chi connectivity index (χ2v) is 9.86. The number of likely N-dealkylation sites (N-methyl/N-ethyl adjacent to an activating group) is 1. The lowest BCUT2D eigenvalue weighted by Crippen LogP contribution is -2.67. The molecule has 0 aromatic heterocycles. The monoisotopic (exact) mass is 467 g/mol. The lowest BCUT2D eigenvalue weighted by molar-refractivity contribution is -0.136. The molecule has 3 amide bonds. The van der Waals surface area contributed by atoms with Gasteiger partial charge in [0.25, 0.3) is 11.8 Å². The number of hydrogen-bond donors (Lipinski definition) is 0. The molecule has 1 saturated heterocycles. The van der Waals surface area contributed by atoms with Crippen LogP contribution < -0.4 is 0 Å². The van der Waals surface area contributed by atoms with Crippen LogP contribution in [0.2, 0.25) is 5.02 Å². The average Bonchev–Trinajstić information content (AvgIpc) is 2.79. The highest BCUT2D eigenvalue weighted by Crippen LogP contribution is 2.48. The average molecular weight is 468 g/mol. The number of fused-ring (bicyclic) bond motifs is 1. The summed E-state index contributed by atoms with van der Waals surface area (Å²) in [4.78, 5) is 45.7. The minimum atomic E-state index is -0.688. The van der Waals surface area contributed by atoms with Gasteiger partial charge in [0.2, 0.25) is 5.91 Å². The Labute approximate surface area is 200 Å². The molecule has 0 N–H and O–H groups in total. The van der Waals surface area contributed by atoms with Crippen LogP contribution in [0.3, 0.4) is 0 Å². The Kier molecular flexibility index (Phi) is 6.23. The van der Waals surface area contributed by atoms with E-state index in [2.05, 4.69) is 0 Å². The van der Waals surface area contributed by atoms with E-state index < -0.39 is 11.5 Å². The standard InChI is InChI=1S/C26H30ClN3O3/c1-17(2)30-24(32)21-11-6-5-10-20(21)22(25(33)28(3)4)26(30)12-14-29(15-13-26)23(31)18-8-7-9-19(27)16-18/h5-11,16-17,22H,12-15H2,1-4H3. The third kappa shape index (κ3) is 3.90. The number of piperidine rings is 1. The zero-order chi connectivity index (χ0) is 23.9. The third-order valence-electron chi connectivity index (χ3n) is 6.93. The summed E-state index contributed by atoms with van der Waals surface area (Å²) in [5.74, 6) is -0.623. The van der Waals surface area contributed by atoms with E-state index in [9.17, 15) is 14.4 Å². The number of benzene rings is 2. The molecular formula is C26H30ClN3O3. The maximum absolute atomic E-state index is 13.6. The van der Waals surface area contributed by atoms with Crippen LogP contribution in [0.25, 0.3) is 0 Å². The summed E-state index contributed by atoms with van der Waals surface area (Å²) in [6, 6.07) is 14.3. The normalized spacial score (nSPS) is 19.6. The van der Waals surface area contributed by atoms with Crippen molar-refractivity contribution in [3.63, 3.8) is 0 Å². The van der Waals surface area contributed by atoms with Crippen LogP contribution >= 0.6 is 11.6 Å². The summed E-state index contributed by atoms with van der Waals surface area (Å²) in [5, 5.41) is 0.520. The first-order chi connectivity index (χ1) is 15.7. The molecule has 2 heterocycles. The highest BCUT2D eigenvalue weighted by atomic mass is 35.5. The van der Waals surface area contributed by atoms with Gasteiger partial charge in [0, 0.05) is 49.4 Å². The fraction of sp³-hybridized carbons (Fsp3) is 0.423. The van der Waals surface area contributed by atoms with Gasteiger partial charge in [0.1, 0.15) is 0 Å². The van der Waals surface area contributed by atoms with E-state index in [4.69, 9.17) is 11.6 Å². The molecule has 1 atom stereocenters. The molecule has 1 spiro atoms. The Hall–Kier alpha value is -2.86. The second kappa shape index (κ2) is 8.82. The quantitative estimate of drug-likeness (QED) is 0.684. The van der Waals surface area contributed by atoms with Gasteiger partial charge in [-0.3, -0.25) is 14.4 Å². The van der Waals surface area contributed by atoms with Crippen molar-refractivity contribution >= 4 is 29.3 Å². The maximum Gasteiger partial charge on any atom is 0.254 e. The van der Waals surface area contributed by atoms with Crippen LogP contribution in [-0.4, -0.2) is 71.2 Å². The molecular weight excluding hydrogens is 438 g/mol. The van der Waals surface area contributed by atoms with Crippen molar-refractivity contribution < 1.29 is 14.4 Å². The van der Waals surface area contributed by atoms with Crippen LogP contribution in [-0.2, 0) is 4.79 Å². The van der Waals surface area contributed by atoms with Crippen LogP contribution in [0, 0.1) is 0 Å². The fourth-order valence-electron chi connectivity index (χ4n) is 5.50. The molecule has 33 heavy (non-hydrogen) atoms. The van der Waals surface area contributed by atoms with Crippen LogP contribution in [0.5, 0.6) is 0 Å². The van der Waals surface area contributed by atoms with Crippen LogP contribution in [0.4, 0.5) is 0 Å². The van der Waals surface area contributed by atoms with E-state index in [1.165, 1.54) is 0 Å². The summed E-state index contributed by atoms with van der Waals surface area (Å²) in [6.45, 7) is 4.91. The number of carbonyl (C=O) groups excluding carboxylic acids is 3. The molecule has 0 aliphatic carbocycles. The first kappa shape index (κ1) is 23.3. The number of rotatable bonds is 3. The Bertz CT molecular complexity index is 1090. The van der Waals surface area contributed by atoms with Gasteiger partial charge in [-0.2, -0.15) is 0 Å². The number of halogens is 1. The van der Waals surface area contributed by atoms with Gasteiger partial charge in [-0.25, -0.2) is 0 Å². The van der Waals surface area contributed by atoms with Crippen molar-refractivity contribution in [3.05, 3.63) is 70.2 Å². The second-order valence-electron chi connectivity index (χ2n) is 9.43. The van der Waals surface area contributed by atoms with E-state index in [1.807, 2.05) is 43.0 Å². The fourth-order valence-corrected chi connectivity index (χ4v) is 5.69. The number of hydrogen-bond acceptors (Lipinski definition) is 3. The molecule has 174 valence electrons. The van der Waals surface area contributed by atoms with Gasteiger partial charge >= 0.3 is 0 Å². The Morgan fingerprint density at radius 2 is 1.73 bits per heavy atom. The maximum atomic E-state index is 13.6. The van der Waals surface area contributed by atoms with E-state index in [1.54, 1.807) is 48.2 Å². The number of nitrogens with zero attached hydrogens (tertiary/aromatic N) is 3. The highest BCUT2D eigenvalue weighted by Gasteiger charge is 2.56. The molecule has 7 heteroatoms. The van der Waals surface area contributed by atoms with E-state index >= 15 is 0 Å². The van der Waals surface area contributed by atoms with Crippen molar-refractivity contribution in [2.75, 3.05) is 27.2 Å². The van der Waals surface area contributed by atoms with E-state index in [-0.39, 0.29) is 23.8 Å². The Morgan fingerprint density at radius 3 is 2.33 bits per heavy atom. The molecule has 0 bridgehead atoms. The largest absolute Gasteiger partial charge is 0.348 e. The number of amides is 3. The molecule has 4 rings (SSSR count). The van der Waals surface area contributed by atoms with Crippen molar-refractivity contribution in [2.24, 2.45) is 0 Å². The molecule has 2 aliphatic heterocycles. The summed E-state index contributed by atoms with van der Waals surface area (Å²) in [6.07, 6.45) is 1.06. The molecule has 6 nitrogen and oxygen atoms in total. The predicted molar refractivity (Wildman–Crippen MR) is 129 cm³/mol. The lowest BCUT2D eigenvalue weighted by Gasteiger charge is -2.56.